The van der Waals surface area contributed by atoms with Gasteiger partial charge in [0.25, 0.3) is 0 Å². The van der Waals surface area contributed by atoms with Crippen LogP contribution in [0.15, 0.2) is 0 Å². The van der Waals surface area contributed by atoms with Gasteiger partial charge in [-0.25, -0.2) is 0 Å². The highest BCUT2D eigenvalue weighted by Gasteiger charge is 2.34. The third kappa shape index (κ3) is 3.14. The fraction of sp³-hybridized carbons (Fsp3) is 0.923. The third-order valence-electron chi connectivity index (χ3n) is 4.39. The van der Waals surface area contributed by atoms with Crippen LogP contribution in [0.25, 0.3) is 0 Å². The summed E-state index contributed by atoms with van der Waals surface area (Å²) in [6, 6.07) is 1.12. The summed E-state index contributed by atoms with van der Waals surface area (Å²) in [7, 11) is 0. The fourth-order valence-electron chi connectivity index (χ4n) is 3.34. The van der Waals surface area contributed by atoms with Crippen LogP contribution in [0.3, 0.4) is 0 Å². The number of rotatable bonds is 2. The molecule has 0 spiro atoms. The topological polar surface area (TPSA) is 46.3 Å². The van der Waals surface area contributed by atoms with E-state index in [4.69, 9.17) is 5.73 Å². The minimum absolute atomic E-state index is 0. The molecule has 0 aromatic heterocycles. The second-order valence-corrected chi connectivity index (χ2v) is 5.64. The molecule has 1 heterocycles. The van der Waals surface area contributed by atoms with Gasteiger partial charge in [0.1, 0.15) is 0 Å². The van der Waals surface area contributed by atoms with Gasteiger partial charge in [0, 0.05) is 24.5 Å². The Morgan fingerprint density at radius 3 is 2.24 bits per heavy atom. The van der Waals surface area contributed by atoms with E-state index in [9.17, 15) is 4.79 Å². The molecule has 4 heteroatoms. The molecule has 1 aliphatic heterocycles. The molecule has 1 amide bonds. The first kappa shape index (κ1) is 14.8. The lowest BCUT2D eigenvalue weighted by Gasteiger charge is -2.28. The largest absolute Gasteiger partial charge is 0.337 e. The molecule has 100 valence electrons. The molecule has 4 atom stereocenters. The number of carbonyl (C=O) groups is 1. The second-order valence-electron chi connectivity index (χ2n) is 5.64. The number of amides is 1. The predicted molar refractivity (Wildman–Crippen MR) is 72.2 cm³/mol. The summed E-state index contributed by atoms with van der Waals surface area (Å²) in [5, 5.41) is 0. The number of hydrogen-bond donors (Lipinski definition) is 1. The Morgan fingerprint density at radius 1 is 1.18 bits per heavy atom. The first-order valence-electron chi connectivity index (χ1n) is 6.66. The highest BCUT2D eigenvalue weighted by Crippen LogP contribution is 2.30. The quantitative estimate of drug-likeness (QED) is 0.828. The van der Waals surface area contributed by atoms with Gasteiger partial charge in [-0.1, -0.05) is 6.42 Å². The first-order valence-corrected chi connectivity index (χ1v) is 6.66. The summed E-state index contributed by atoms with van der Waals surface area (Å²) in [5.41, 5.74) is 6.02. The van der Waals surface area contributed by atoms with Crippen molar-refractivity contribution in [2.45, 2.75) is 70.5 Å². The molecule has 0 aromatic carbocycles. The third-order valence-corrected chi connectivity index (χ3v) is 4.39. The minimum atomic E-state index is 0. The summed E-state index contributed by atoms with van der Waals surface area (Å²) < 4.78 is 0. The first-order chi connectivity index (χ1) is 7.59. The zero-order valence-electron chi connectivity index (χ0n) is 10.9. The molecule has 3 nitrogen and oxygen atoms in total. The maximum absolute atomic E-state index is 12.2. The van der Waals surface area contributed by atoms with E-state index in [1.54, 1.807) is 0 Å². The van der Waals surface area contributed by atoms with Gasteiger partial charge < -0.3 is 10.6 Å². The van der Waals surface area contributed by atoms with Crippen molar-refractivity contribution < 1.29 is 4.79 Å². The number of likely N-dealkylation sites (tertiary alicyclic amines) is 1. The Bertz CT molecular complexity index is 262. The number of halogens is 1. The molecule has 1 saturated carbocycles. The average Bonchev–Trinajstić information content (AvgIpc) is 2.75. The Morgan fingerprint density at radius 2 is 1.76 bits per heavy atom. The molecular weight excluding hydrogens is 236 g/mol. The van der Waals surface area contributed by atoms with E-state index in [1.807, 2.05) is 0 Å². The van der Waals surface area contributed by atoms with Crippen LogP contribution in [0.4, 0.5) is 0 Å². The van der Waals surface area contributed by atoms with Crippen LogP contribution in [0.5, 0.6) is 0 Å². The fourth-order valence-corrected chi connectivity index (χ4v) is 3.34. The Hall–Kier alpha value is -0.280. The van der Waals surface area contributed by atoms with Gasteiger partial charge in [0.05, 0.1) is 0 Å². The average molecular weight is 261 g/mol. The lowest BCUT2D eigenvalue weighted by molar-refractivity contribution is -0.134. The van der Waals surface area contributed by atoms with Crippen LogP contribution in [-0.2, 0) is 4.79 Å². The van der Waals surface area contributed by atoms with Crippen LogP contribution in [0.1, 0.15) is 52.4 Å². The van der Waals surface area contributed by atoms with Gasteiger partial charge >= 0.3 is 0 Å². The Balaban J connectivity index is 0.00000144. The van der Waals surface area contributed by atoms with Crippen molar-refractivity contribution in [1.29, 1.82) is 0 Å². The predicted octanol–water partition coefficient (Wildman–Crippen LogP) is 2.33. The van der Waals surface area contributed by atoms with Crippen LogP contribution in [-0.4, -0.2) is 28.9 Å². The molecule has 2 aliphatic rings. The van der Waals surface area contributed by atoms with Crippen molar-refractivity contribution >= 4 is 18.3 Å². The lowest BCUT2D eigenvalue weighted by atomic mass is 9.99. The number of nitrogens with two attached hydrogens (primary N) is 1. The second kappa shape index (κ2) is 6.05. The Kier molecular flexibility index (Phi) is 5.26. The van der Waals surface area contributed by atoms with Crippen LogP contribution < -0.4 is 5.73 Å². The standard InChI is InChI=1S/C13H24N2O.ClH/c1-9-6-7-10(2)15(9)13(16)8-11-4-3-5-12(11)14;/h9-12H,3-8,14H2,1-2H3;1H/t9?,10?,11-,12+;/m0./s1. The normalized spacial score (nSPS) is 37.0. The molecule has 2 N–H and O–H groups in total. The van der Waals surface area contributed by atoms with E-state index >= 15 is 0 Å². The van der Waals surface area contributed by atoms with Crippen molar-refractivity contribution in [3.8, 4) is 0 Å². The maximum Gasteiger partial charge on any atom is 0.223 e. The van der Waals surface area contributed by atoms with Gasteiger partial charge in [-0.05, 0) is 45.4 Å². The van der Waals surface area contributed by atoms with Gasteiger partial charge in [0.2, 0.25) is 5.91 Å². The van der Waals surface area contributed by atoms with Crippen molar-refractivity contribution in [2.24, 2.45) is 11.7 Å². The van der Waals surface area contributed by atoms with Gasteiger partial charge in [0.15, 0.2) is 0 Å². The summed E-state index contributed by atoms with van der Waals surface area (Å²) in [6.45, 7) is 4.33. The zero-order chi connectivity index (χ0) is 11.7. The molecule has 0 bridgehead atoms. The van der Waals surface area contributed by atoms with Gasteiger partial charge in [-0.2, -0.15) is 0 Å². The van der Waals surface area contributed by atoms with Crippen LogP contribution >= 0.6 is 12.4 Å². The van der Waals surface area contributed by atoms with Gasteiger partial charge in [-0.15, -0.1) is 12.4 Å². The summed E-state index contributed by atoms with van der Waals surface area (Å²) in [5.74, 6) is 0.771. The van der Waals surface area contributed by atoms with E-state index in [0.29, 0.717) is 30.3 Å². The number of carbonyl (C=O) groups excluding carboxylic acids is 1. The molecule has 2 unspecified atom stereocenters. The summed E-state index contributed by atoms with van der Waals surface area (Å²) >= 11 is 0. The van der Waals surface area contributed by atoms with Crippen LogP contribution in [0, 0.1) is 5.92 Å². The molecule has 0 radical (unpaired) electrons. The van der Waals surface area contributed by atoms with Crippen molar-refractivity contribution in [1.82, 2.24) is 4.90 Å². The molecule has 1 aliphatic carbocycles. The van der Waals surface area contributed by atoms with Crippen molar-refractivity contribution in [2.75, 3.05) is 0 Å². The van der Waals surface area contributed by atoms with Crippen LogP contribution in [0.2, 0.25) is 0 Å². The number of hydrogen-bond acceptors (Lipinski definition) is 2. The molecule has 1 saturated heterocycles. The van der Waals surface area contributed by atoms with Crippen molar-refractivity contribution in [3.63, 3.8) is 0 Å². The van der Waals surface area contributed by atoms with E-state index in [0.717, 1.165) is 25.7 Å². The number of nitrogens with zero attached hydrogens (tertiary/aromatic N) is 1. The van der Waals surface area contributed by atoms with Gasteiger partial charge in [-0.3, -0.25) is 4.79 Å². The van der Waals surface area contributed by atoms with E-state index < -0.39 is 0 Å². The lowest BCUT2D eigenvalue weighted by Crippen LogP contribution is -2.40. The van der Waals surface area contributed by atoms with E-state index in [2.05, 4.69) is 18.7 Å². The minimum Gasteiger partial charge on any atom is -0.337 e. The molecule has 2 fully saturated rings. The highest BCUT2D eigenvalue weighted by molar-refractivity contribution is 5.85. The highest BCUT2D eigenvalue weighted by atomic mass is 35.5. The zero-order valence-corrected chi connectivity index (χ0v) is 11.7. The molecular formula is C13H25ClN2O. The SMILES string of the molecule is CC1CCC(C)N1C(=O)C[C@@H]1CCC[C@H]1N.Cl. The molecule has 2 rings (SSSR count). The molecule has 17 heavy (non-hydrogen) atoms. The smallest absolute Gasteiger partial charge is 0.223 e. The Labute approximate surface area is 111 Å². The summed E-state index contributed by atoms with van der Waals surface area (Å²) in [6.07, 6.45) is 6.43. The monoisotopic (exact) mass is 260 g/mol. The van der Waals surface area contributed by atoms with E-state index in [-0.39, 0.29) is 18.4 Å². The molecule has 0 aromatic rings. The van der Waals surface area contributed by atoms with Crippen molar-refractivity contribution in [3.05, 3.63) is 0 Å². The van der Waals surface area contributed by atoms with E-state index in [1.165, 1.54) is 6.42 Å². The maximum atomic E-state index is 12.2. The summed E-state index contributed by atoms with van der Waals surface area (Å²) in [4.78, 5) is 14.3.